The molecular weight excluding hydrogens is 210 g/mol. The van der Waals surface area contributed by atoms with Crippen molar-refractivity contribution in [2.45, 2.75) is 19.9 Å². The summed E-state index contributed by atoms with van der Waals surface area (Å²) in [6.45, 7) is 5.23. The Morgan fingerprint density at radius 3 is 2.76 bits per heavy atom. The van der Waals surface area contributed by atoms with Gasteiger partial charge in [-0.1, -0.05) is 31.2 Å². The molecule has 1 atom stereocenters. The molecule has 0 spiro atoms. The van der Waals surface area contributed by atoms with E-state index in [4.69, 9.17) is 0 Å². The van der Waals surface area contributed by atoms with Crippen LogP contribution in [0, 0.1) is 0 Å². The van der Waals surface area contributed by atoms with Gasteiger partial charge in [0.1, 0.15) is 0 Å². The molecule has 2 aromatic rings. The molecule has 3 heteroatoms. The molecule has 2 rings (SSSR count). The quantitative estimate of drug-likeness (QED) is 0.872. The molecule has 0 saturated carbocycles. The van der Waals surface area contributed by atoms with Crippen LogP contribution in [0.5, 0.6) is 0 Å². The van der Waals surface area contributed by atoms with E-state index in [2.05, 4.69) is 47.3 Å². The molecule has 0 radical (unpaired) electrons. The van der Waals surface area contributed by atoms with Crippen molar-refractivity contribution in [2.75, 3.05) is 6.54 Å². The average Bonchev–Trinajstić information content (AvgIpc) is 2.40. The molecule has 0 fully saturated rings. The summed E-state index contributed by atoms with van der Waals surface area (Å²) in [4.78, 5) is 8.49. The van der Waals surface area contributed by atoms with E-state index in [0.717, 1.165) is 17.8 Å². The van der Waals surface area contributed by atoms with E-state index >= 15 is 0 Å². The van der Waals surface area contributed by atoms with Gasteiger partial charge in [-0.2, -0.15) is 0 Å². The molecule has 0 aliphatic carbocycles. The van der Waals surface area contributed by atoms with Gasteiger partial charge in [0.05, 0.1) is 11.9 Å². The van der Waals surface area contributed by atoms with Crippen LogP contribution < -0.4 is 5.32 Å². The van der Waals surface area contributed by atoms with Crippen LogP contribution in [-0.2, 0) is 0 Å². The van der Waals surface area contributed by atoms with Gasteiger partial charge in [-0.25, -0.2) is 0 Å². The number of hydrogen-bond donors (Lipinski definition) is 1. The van der Waals surface area contributed by atoms with E-state index in [0.29, 0.717) is 6.04 Å². The summed E-state index contributed by atoms with van der Waals surface area (Å²) in [6.07, 6.45) is 5.22. The lowest BCUT2D eigenvalue weighted by atomic mass is 9.99. The second kappa shape index (κ2) is 5.55. The zero-order valence-electron chi connectivity index (χ0n) is 10.2. The maximum Gasteiger partial charge on any atom is 0.0888 e. The summed E-state index contributed by atoms with van der Waals surface area (Å²) in [6, 6.07) is 8.64. The highest BCUT2D eigenvalue weighted by molar-refractivity contribution is 5.63. The molecule has 1 N–H and O–H groups in total. The van der Waals surface area contributed by atoms with Gasteiger partial charge in [0.25, 0.3) is 0 Å². The molecule has 3 nitrogen and oxygen atoms in total. The van der Waals surface area contributed by atoms with E-state index < -0.39 is 0 Å². The Bertz CT molecular complexity index is 468. The third-order valence-corrected chi connectivity index (χ3v) is 2.78. The van der Waals surface area contributed by atoms with Crippen molar-refractivity contribution in [1.29, 1.82) is 0 Å². The van der Waals surface area contributed by atoms with Gasteiger partial charge in [-0.15, -0.1) is 0 Å². The molecule has 17 heavy (non-hydrogen) atoms. The van der Waals surface area contributed by atoms with Crippen molar-refractivity contribution in [1.82, 2.24) is 15.3 Å². The van der Waals surface area contributed by atoms with E-state index in [1.165, 1.54) is 5.56 Å². The number of nitrogens with one attached hydrogen (secondary N) is 1. The number of rotatable bonds is 4. The van der Waals surface area contributed by atoms with Gasteiger partial charge in [0, 0.05) is 24.0 Å². The fourth-order valence-corrected chi connectivity index (χ4v) is 1.96. The molecular formula is C14H17N3. The topological polar surface area (TPSA) is 37.8 Å². The van der Waals surface area contributed by atoms with E-state index in [1.807, 2.05) is 6.07 Å². The minimum absolute atomic E-state index is 0.318. The van der Waals surface area contributed by atoms with Crippen LogP contribution in [-0.4, -0.2) is 16.5 Å². The molecule has 1 unspecified atom stereocenters. The molecule has 0 aliphatic heterocycles. The molecule has 1 aromatic carbocycles. The molecule has 88 valence electrons. The van der Waals surface area contributed by atoms with Crippen molar-refractivity contribution in [3.63, 3.8) is 0 Å². The summed E-state index contributed by atoms with van der Waals surface area (Å²) < 4.78 is 0. The third-order valence-electron chi connectivity index (χ3n) is 2.78. The summed E-state index contributed by atoms with van der Waals surface area (Å²) >= 11 is 0. The maximum atomic E-state index is 4.36. The third kappa shape index (κ3) is 2.68. The highest BCUT2D eigenvalue weighted by Gasteiger charge is 2.10. The molecule has 1 heterocycles. The second-order valence-electron chi connectivity index (χ2n) is 3.96. The van der Waals surface area contributed by atoms with Gasteiger partial charge in [0.15, 0.2) is 0 Å². The molecule has 0 amide bonds. The van der Waals surface area contributed by atoms with Gasteiger partial charge < -0.3 is 5.32 Å². The van der Waals surface area contributed by atoms with Crippen LogP contribution in [0.25, 0.3) is 11.3 Å². The van der Waals surface area contributed by atoms with Crippen LogP contribution in [0.3, 0.4) is 0 Å². The highest BCUT2D eigenvalue weighted by atomic mass is 14.9. The lowest BCUT2D eigenvalue weighted by Gasteiger charge is -2.16. The Labute approximate surface area is 102 Å². The highest BCUT2D eigenvalue weighted by Crippen LogP contribution is 2.25. The predicted molar refractivity (Wildman–Crippen MR) is 69.6 cm³/mol. The first-order valence-corrected chi connectivity index (χ1v) is 5.91. The first-order chi connectivity index (χ1) is 8.33. The predicted octanol–water partition coefficient (Wildman–Crippen LogP) is 2.81. The lowest BCUT2D eigenvalue weighted by molar-refractivity contribution is 0.599. The zero-order chi connectivity index (χ0) is 12.1. The second-order valence-corrected chi connectivity index (χ2v) is 3.96. The van der Waals surface area contributed by atoms with Crippen LogP contribution in [0.1, 0.15) is 25.5 Å². The zero-order valence-corrected chi connectivity index (χ0v) is 10.2. The number of benzene rings is 1. The standard InChI is InChI=1S/C14H17N3/c1-3-16-11(2)12-6-4-5-7-13(12)14-10-15-8-9-17-14/h4-11,16H,3H2,1-2H3. The van der Waals surface area contributed by atoms with Crippen molar-refractivity contribution < 1.29 is 0 Å². The number of nitrogens with zero attached hydrogens (tertiary/aromatic N) is 2. The fourth-order valence-electron chi connectivity index (χ4n) is 1.96. The van der Waals surface area contributed by atoms with Crippen molar-refractivity contribution in [2.24, 2.45) is 0 Å². The van der Waals surface area contributed by atoms with E-state index in [9.17, 15) is 0 Å². The maximum absolute atomic E-state index is 4.36. The Balaban J connectivity index is 2.41. The van der Waals surface area contributed by atoms with Gasteiger partial charge >= 0.3 is 0 Å². The van der Waals surface area contributed by atoms with Crippen molar-refractivity contribution >= 4 is 0 Å². The minimum Gasteiger partial charge on any atom is -0.310 e. The van der Waals surface area contributed by atoms with E-state index in [-0.39, 0.29) is 0 Å². The summed E-state index contributed by atoms with van der Waals surface area (Å²) in [5.41, 5.74) is 3.33. The minimum atomic E-state index is 0.318. The Morgan fingerprint density at radius 2 is 2.06 bits per heavy atom. The SMILES string of the molecule is CCNC(C)c1ccccc1-c1cnccn1. The Kier molecular flexibility index (Phi) is 3.83. The van der Waals surface area contributed by atoms with Crippen molar-refractivity contribution in [3.8, 4) is 11.3 Å². The first-order valence-electron chi connectivity index (χ1n) is 5.91. The summed E-state index contributed by atoms with van der Waals surface area (Å²) in [5.74, 6) is 0. The fraction of sp³-hybridized carbons (Fsp3) is 0.286. The lowest BCUT2D eigenvalue weighted by Crippen LogP contribution is -2.18. The average molecular weight is 227 g/mol. The van der Waals surface area contributed by atoms with Crippen LogP contribution in [0.4, 0.5) is 0 Å². The normalized spacial score (nSPS) is 12.4. The number of hydrogen-bond acceptors (Lipinski definition) is 3. The van der Waals surface area contributed by atoms with Gasteiger partial charge in [-0.3, -0.25) is 9.97 Å². The van der Waals surface area contributed by atoms with Gasteiger partial charge in [0.2, 0.25) is 0 Å². The van der Waals surface area contributed by atoms with Gasteiger partial charge in [-0.05, 0) is 19.0 Å². The van der Waals surface area contributed by atoms with Crippen molar-refractivity contribution in [3.05, 3.63) is 48.4 Å². The van der Waals surface area contributed by atoms with Crippen LogP contribution >= 0.6 is 0 Å². The number of aromatic nitrogens is 2. The summed E-state index contributed by atoms with van der Waals surface area (Å²) in [5, 5.41) is 3.42. The Morgan fingerprint density at radius 1 is 1.24 bits per heavy atom. The Hall–Kier alpha value is -1.74. The summed E-state index contributed by atoms with van der Waals surface area (Å²) in [7, 11) is 0. The van der Waals surface area contributed by atoms with Crippen LogP contribution in [0.15, 0.2) is 42.9 Å². The smallest absolute Gasteiger partial charge is 0.0888 e. The largest absolute Gasteiger partial charge is 0.310 e. The molecule has 1 aromatic heterocycles. The molecule has 0 aliphatic rings. The molecule has 0 bridgehead atoms. The first kappa shape index (κ1) is 11.7. The van der Waals surface area contributed by atoms with E-state index in [1.54, 1.807) is 18.6 Å². The molecule has 0 saturated heterocycles. The van der Waals surface area contributed by atoms with Crippen LogP contribution in [0.2, 0.25) is 0 Å². The monoisotopic (exact) mass is 227 g/mol.